The molecule has 0 bridgehead atoms. The van der Waals surface area contributed by atoms with Gasteiger partial charge in [-0.2, -0.15) is 5.26 Å². The third kappa shape index (κ3) is 4.70. The van der Waals surface area contributed by atoms with Crippen molar-refractivity contribution < 1.29 is 13.9 Å². The highest BCUT2D eigenvalue weighted by atomic mass is 127. The lowest BCUT2D eigenvalue weighted by Gasteiger charge is -2.39. The minimum Gasteiger partial charge on any atom is -0.444 e. The molecule has 0 spiro atoms. The zero-order chi connectivity index (χ0) is 24.8. The second kappa shape index (κ2) is 9.73. The number of ether oxygens (including phenoxy) is 1. The Morgan fingerprint density at radius 1 is 1.44 bits per heavy atom. The summed E-state index contributed by atoms with van der Waals surface area (Å²) in [6.45, 7) is 5.88. The van der Waals surface area contributed by atoms with Gasteiger partial charge in [0.2, 0.25) is 0 Å². The number of nitriles is 1. The average Bonchev–Trinajstić information content (AvgIpc) is 3.22. The minimum atomic E-state index is -0.622. The summed E-state index contributed by atoms with van der Waals surface area (Å²) in [6.07, 6.45) is 2.75. The van der Waals surface area contributed by atoms with E-state index >= 15 is 4.39 Å². The van der Waals surface area contributed by atoms with Crippen molar-refractivity contribution in [3.05, 3.63) is 19.9 Å². The number of carbonyl (C=O) groups excluding carboxylic acids is 1. The first-order chi connectivity index (χ1) is 16.1. The number of aromatic nitrogens is 4. The lowest BCUT2D eigenvalue weighted by Crippen LogP contribution is -2.48. The zero-order valence-corrected chi connectivity index (χ0v) is 23.7. The molecule has 1 aliphatic rings. The van der Waals surface area contributed by atoms with Gasteiger partial charge in [0.15, 0.2) is 5.82 Å². The van der Waals surface area contributed by atoms with Gasteiger partial charge in [-0.3, -0.25) is 0 Å². The number of pyridine rings is 1. The van der Waals surface area contributed by atoms with E-state index in [0.29, 0.717) is 45.3 Å². The van der Waals surface area contributed by atoms with Crippen molar-refractivity contribution >= 4 is 78.3 Å². The van der Waals surface area contributed by atoms with Gasteiger partial charge in [-0.05, 0) is 84.5 Å². The Labute approximate surface area is 222 Å². The van der Waals surface area contributed by atoms with E-state index in [4.69, 9.17) is 4.74 Å². The predicted molar refractivity (Wildman–Crippen MR) is 140 cm³/mol. The van der Waals surface area contributed by atoms with Gasteiger partial charge in [-0.1, -0.05) is 5.21 Å². The van der Waals surface area contributed by atoms with E-state index in [2.05, 4.69) is 59.9 Å². The number of benzene rings is 1. The molecule has 2 aromatic heterocycles. The van der Waals surface area contributed by atoms with E-state index in [1.165, 1.54) is 11.8 Å². The molecule has 1 fully saturated rings. The summed E-state index contributed by atoms with van der Waals surface area (Å²) in [5.41, 5.74) is 0.963. The van der Waals surface area contributed by atoms with Gasteiger partial charge in [-0.25, -0.2) is 18.9 Å². The Bertz CT molecular complexity index is 1320. The van der Waals surface area contributed by atoms with Crippen molar-refractivity contribution in [3.63, 3.8) is 0 Å². The molecule has 0 N–H and O–H groups in total. The zero-order valence-electron chi connectivity index (χ0n) is 19.1. The highest BCUT2D eigenvalue weighted by molar-refractivity contribution is 14.1. The predicted octanol–water partition coefficient (Wildman–Crippen LogP) is 6.06. The van der Waals surface area contributed by atoms with Gasteiger partial charge < -0.3 is 9.64 Å². The van der Waals surface area contributed by atoms with E-state index < -0.39 is 17.5 Å². The molecule has 1 saturated heterocycles. The number of nitrogens with zero attached hydrogens (tertiary/aromatic N) is 6. The second-order valence-electron chi connectivity index (χ2n) is 9.10. The summed E-state index contributed by atoms with van der Waals surface area (Å²) < 4.78 is 23.6. The standard InChI is InChI=1S/C22H23BrFIN6O2S/c1-22(2,3)33-21(32)30-8-6-12(9-11(30)5-7-26)31-19-13-10-14(25)15(23)16(24)17(13)27-20(34-4)18(19)28-29-31/h10-12H,5-6,8-9H2,1-4H3/t11-,12+/m1/s1. The molecule has 0 aliphatic carbocycles. The summed E-state index contributed by atoms with van der Waals surface area (Å²) in [7, 11) is 0. The Morgan fingerprint density at radius 2 is 2.18 bits per heavy atom. The van der Waals surface area contributed by atoms with Gasteiger partial charge in [0.25, 0.3) is 0 Å². The third-order valence-corrected chi connectivity index (χ3v) is 8.72. The van der Waals surface area contributed by atoms with Crippen molar-refractivity contribution in [2.24, 2.45) is 0 Å². The van der Waals surface area contributed by atoms with Crippen molar-refractivity contribution in [3.8, 4) is 6.07 Å². The van der Waals surface area contributed by atoms with Gasteiger partial charge in [-0.15, -0.1) is 16.9 Å². The van der Waals surface area contributed by atoms with E-state index in [1.807, 2.05) is 37.8 Å². The molecule has 180 valence electrons. The molecule has 12 heteroatoms. The molecule has 1 amide bonds. The monoisotopic (exact) mass is 660 g/mol. The maximum atomic E-state index is 15.2. The van der Waals surface area contributed by atoms with Crippen LogP contribution in [0.25, 0.3) is 21.9 Å². The number of carbonyl (C=O) groups is 1. The number of hydrogen-bond donors (Lipinski definition) is 0. The number of likely N-dealkylation sites (tertiary alicyclic amines) is 1. The van der Waals surface area contributed by atoms with E-state index in [0.717, 1.165) is 3.57 Å². The minimum absolute atomic E-state index is 0.119. The van der Waals surface area contributed by atoms with Crippen LogP contribution in [0.1, 0.15) is 46.1 Å². The van der Waals surface area contributed by atoms with Crippen LogP contribution < -0.4 is 0 Å². The lowest BCUT2D eigenvalue weighted by molar-refractivity contribution is 0.00557. The first-order valence-corrected chi connectivity index (χ1v) is 13.8. The highest BCUT2D eigenvalue weighted by Crippen LogP contribution is 2.38. The summed E-state index contributed by atoms with van der Waals surface area (Å²) in [4.78, 5) is 18.9. The fourth-order valence-corrected chi connectivity index (χ4v) is 5.59. The number of piperidine rings is 1. The van der Waals surface area contributed by atoms with Gasteiger partial charge in [0.05, 0.1) is 29.0 Å². The topological polar surface area (TPSA) is 96.9 Å². The van der Waals surface area contributed by atoms with Crippen LogP contribution in [0.3, 0.4) is 0 Å². The highest BCUT2D eigenvalue weighted by Gasteiger charge is 2.36. The Kier molecular flexibility index (Phi) is 7.26. The van der Waals surface area contributed by atoms with Crippen LogP contribution in [-0.2, 0) is 4.74 Å². The Hall–Kier alpha value is -1.72. The van der Waals surface area contributed by atoms with Crippen molar-refractivity contribution in [2.45, 2.75) is 62.7 Å². The molecule has 8 nitrogen and oxygen atoms in total. The van der Waals surface area contributed by atoms with Crippen LogP contribution >= 0.6 is 50.3 Å². The molecule has 4 rings (SSSR count). The lowest BCUT2D eigenvalue weighted by atomic mass is 9.95. The molecule has 0 radical (unpaired) electrons. The van der Waals surface area contributed by atoms with E-state index in [9.17, 15) is 10.1 Å². The van der Waals surface area contributed by atoms with Crippen LogP contribution in [0.2, 0.25) is 0 Å². The Balaban J connectivity index is 1.79. The first kappa shape index (κ1) is 25.4. The quantitative estimate of drug-likeness (QED) is 0.191. The van der Waals surface area contributed by atoms with Crippen LogP contribution in [0.5, 0.6) is 0 Å². The second-order valence-corrected chi connectivity index (χ2v) is 11.9. The SMILES string of the molecule is CSc1nc2c(F)c(Br)c(I)cc2c2c1nnn2[C@H]1CCN(C(=O)OC(C)(C)C)[C@H](CC#N)C1. The van der Waals surface area contributed by atoms with Gasteiger partial charge in [0, 0.05) is 15.5 Å². The fraction of sp³-hybridized carbons (Fsp3) is 0.500. The third-order valence-electron chi connectivity index (χ3n) is 5.68. The number of amides is 1. The van der Waals surface area contributed by atoms with Gasteiger partial charge >= 0.3 is 6.09 Å². The maximum absolute atomic E-state index is 15.2. The average molecular weight is 661 g/mol. The van der Waals surface area contributed by atoms with Crippen molar-refractivity contribution in [2.75, 3.05) is 12.8 Å². The summed E-state index contributed by atoms with van der Waals surface area (Å²) in [5, 5.41) is 19.5. The first-order valence-electron chi connectivity index (χ1n) is 10.7. The molecule has 0 saturated carbocycles. The molecule has 2 atom stereocenters. The summed E-state index contributed by atoms with van der Waals surface area (Å²) in [6, 6.07) is 3.63. The van der Waals surface area contributed by atoms with Crippen molar-refractivity contribution in [1.29, 1.82) is 5.26 Å². The largest absolute Gasteiger partial charge is 0.444 e. The van der Waals surface area contributed by atoms with Gasteiger partial charge in [0.1, 0.15) is 27.2 Å². The molecule has 34 heavy (non-hydrogen) atoms. The molecule has 3 aromatic rings. The molecule has 1 aromatic carbocycles. The number of rotatable bonds is 3. The normalized spacial score (nSPS) is 18.9. The number of thioether (sulfide) groups is 1. The Morgan fingerprint density at radius 3 is 2.82 bits per heavy atom. The summed E-state index contributed by atoms with van der Waals surface area (Å²) >= 11 is 6.79. The maximum Gasteiger partial charge on any atom is 0.410 e. The number of fused-ring (bicyclic) bond motifs is 3. The number of hydrogen-bond acceptors (Lipinski definition) is 7. The van der Waals surface area contributed by atoms with Crippen LogP contribution in [0, 0.1) is 20.7 Å². The fourth-order valence-electron chi connectivity index (χ4n) is 4.23. The van der Waals surface area contributed by atoms with Crippen LogP contribution in [-0.4, -0.2) is 55.4 Å². The summed E-state index contributed by atoms with van der Waals surface area (Å²) in [5.74, 6) is -0.422. The van der Waals surface area contributed by atoms with E-state index in [1.54, 1.807) is 4.90 Å². The molecular weight excluding hydrogens is 638 g/mol. The molecular formula is C22H23BrFIN6O2S. The molecule has 0 unspecified atom stereocenters. The van der Waals surface area contributed by atoms with Crippen molar-refractivity contribution in [1.82, 2.24) is 24.9 Å². The number of halogens is 3. The van der Waals surface area contributed by atoms with Crippen LogP contribution in [0.15, 0.2) is 15.6 Å². The molecule has 3 heterocycles. The smallest absolute Gasteiger partial charge is 0.410 e. The van der Waals surface area contributed by atoms with Crippen LogP contribution in [0.4, 0.5) is 9.18 Å². The van der Waals surface area contributed by atoms with E-state index in [-0.39, 0.29) is 24.0 Å². The molecule has 1 aliphatic heterocycles.